The minimum Gasteiger partial charge on any atom is -0.487 e. The molecule has 0 aliphatic heterocycles. The second kappa shape index (κ2) is 7.49. The van der Waals surface area contributed by atoms with Gasteiger partial charge in [0.1, 0.15) is 29.6 Å². The Hall–Kier alpha value is -3.35. The van der Waals surface area contributed by atoms with Gasteiger partial charge < -0.3 is 19.3 Å². The maximum atomic E-state index is 14.7. The Morgan fingerprint density at radius 2 is 1.96 bits per heavy atom. The zero-order valence-electron chi connectivity index (χ0n) is 15.2. The lowest BCUT2D eigenvalue weighted by molar-refractivity contribution is 0.0697. The van der Waals surface area contributed by atoms with Crippen molar-refractivity contribution >= 4 is 11.7 Å². The molecule has 0 amide bonds. The van der Waals surface area contributed by atoms with Crippen molar-refractivity contribution in [3.05, 3.63) is 65.3 Å². The zero-order chi connectivity index (χ0) is 19.6. The molecule has 140 valence electrons. The lowest BCUT2D eigenvalue weighted by Gasteiger charge is -2.16. The van der Waals surface area contributed by atoms with Crippen LogP contribution in [0.2, 0.25) is 0 Å². The molecule has 0 fully saturated rings. The Kier molecular flexibility index (Phi) is 5.12. The molecule has 27 heavy (non-hydrogen) atoms. The van der Waals surface area contributed by atoms with Crippen LogP contribution in [0.1, 0.15) is 21.8 Å². The van der Waals surface area contributed by atoms with Crippen LogP contribution in [0.3, 0.4) is 0 Å². The van der Waals surface area contributed by atoms with E-state index in [1.165, 1.54) is 24.3 Å². The fourth-order valence-electron chi connectivity index (χ4n) is 2.64. The number of benzene rings is 2. The minimum absolute atomic E-state index is 0.0470. The molecule has 0 bridgehead atoms. The van der Waals surface area contributed by atoms with Crippen molar-refractivity contribution in [2.45, 2.75) is 13.5 Å². The van der Waals surface area contributed by atoms with E-state index in [4.69, 9.17) is 9.26 Å². The molecule has 1 heterocycles. The van der Waals surface area contributed by atoms with E-state index in [0.717, 1.165) is 0 Å². The highest BCUT2D eigenvalue weighted by Crippen LogP contribution is 2.35. The third-order valence-corrected chi connectivity index (χ3v) is 4.04. The lowest BCUT2D eigenvalue weighted by Crippen LogP contribution is -2.09. The summed E-state index contributed by atoms with van der Waals surface area (Å²) in [6.07, 6.45) is 0. The Labute approximate surface area is 155 Å². The van der Waals surface area contributed by atoms with Crippen LogP contribution in [0.15, 0.2) is 47.0 Å². The van der Waals surface area contributed by atoms with Gasteiger partial charge in [0.2, 0.25) is 0 Å². The second-order valence-corrected chi connectivity index (χ2v) is 6.29. The van der Waals surface area contributed by atoms with Crippen LogP contribution in [0.25, 0.3) is 11.1 Å². The molecule has 0 saturated carbocycles. The normalized spacial score (nSPS) is 10.7. The predicted octanol–water partition coefficient (Wildman–Crippen LogP) is 4.13. The summed E-state index contributed by atoms with van der Waals surface area (Å²) in [4.78, 5) is 13.1. The van der Waals surface area contributed by atoms with E-state index < -0.39 is 11.8 Å². The van der Waals surface area contributed by atoms with Crippen LogP contribution in [0.5, 0.6) is 5.75 Å². The van der Waals surface area contributed by atoms with E-state index in [9.17, 15) is 14.3 Å². The van der Waals surface area contributed by atoms with Gasteiger partial charge in [-0.1, -0.05) is 5.16 Å². The third-order valence-electron chi connectivity index (χ3n) is 4.04. The molecule has 2 aromatic carbocycles. The first-order chi connectivity index (χ1) is 12.8. The summed E-state index contributed by atoms with van der Waals surface area (Å²) in [6.45, 7) is 1.89. The standard InChI is InChI=1S/C20H19FN2O4/c1-12-8-14(22-27-12)11-26-19-7-4-13(20(24)25)9-17(19)16-6-5-15(23(2)3)10-18(16)21/h4-10H,11H2,1-3H3,(H,24,25). The van der Waals surface area contributed by atoms with E-state index in [0.29, 0.717) is 28.5 Å². The molecule has 3 rings (SSSR count). The van der Waals surface area contributed by atoms with E-state index in [1.807, 2.05) is 14.1 Å². The van der Waals surface area contributed by atoms with Gasteiger partial charge in [-0.2, -0.15) is 0 Å². The highest BCUT2D eigenvalue weighted by atomic mass is 19.1. The number of carboxylic acids is 1. The summed E-state index contributed by atoms with van der Waals surface area (Å²) in [6, 6.07) is 10.8. The fourth-order valence-corrected chi connectivity index (χ4v) is 2.64. The molecule has 0 atom stereocenters. The van der Waals surface area contributed by atoms with E-state index in [1.54, 1.807) is 30.0 Å². The van der Waals surface area contributed by atoms with Crippen molar-refractivity contribution in [1.29, 1.82) is 0 Å². The second-order valence-electron chi connectivity index (χ2n) is 6.29. The number of carboxylic acid groups (broad SMARTS) is 1. The average Bonchev–Trinajstić information content (AvgIpc) is 3.05. The first kappa shape index (κ1) is 18.4. The number of nitrogens with zero attached hydrogens (tertiary/aromatic N) is 2. The molecule has 1 aromatic heterocycles. The predicted molar refractivity (Wildman–Crippen MR) is 98.7 cm³/mol. The number of aromatic nitrogens is 1. The quantitative estimate of drug-likeness (QED) is 0.703. The molecule has 0 spiro atoms. The van der Waals surface area contributed by atoms with Gasteiger partial charge in [-0.3, -0.25) is 0 Å². The zero-order valence-corrected chi connectivity index (χ0v) is 15.2. The highest BCUT2D eigenvalue weighted by molar-refractivity contribution is 5.90. The van der Waals surface area contributed by atoms with Crippen molar-refractivity contribution < 1.29 is 23.6 Å². The first-order valence-electron chi connectivity index (χ1n) is 8.24. The van der Waals surface area contributed by atoms with Crippen LogP contribution in [0.4, 0.5) is 10.1 Å². The molecule has 0 unspecified atom stereocenters. The number of aromatic carboxylic acids is 1. The van der Waals surface area contributed by atoms with Gasteiger partial charge >= 0.3 is 5.97 Å². The number of carbonyl (C=O) groups is 1. The summed E-state index contributed by atoms with van der Waals surface area (Å²) in [5.41, 5.74) is 1.95. The van der Waals surface area contributed by atoms with Crippen molar-refractivity contribution in [3.8, 4) is 16.9 Å². The van der Waals surface area contributed by atoms with Gasteiger partial charge in [0.15, 0.2) is 0 Å². The number of ether oxygens (including phenoxy) is 1. The van der Waals surface area contributed by atoms with Crippen LogP contribution < -0.4 is 9.64 Å². The van der Waals surface area contributed by atoms with E-state index in [-0.39, 0.29) is 17.7 Å². The molecule has 1 N–H and O–H groups in total. The van der Waals surface area contributed by atoms with Gasteiger partial charge in [0.25, 0.3) is 0 Å². The maximum absolute atomic E-state index is 14.7. The molecular weight excluding hydrogens is 351 g/mol. The largest absolute Gasteiger partial charge is 0.487 e. The third kappa shape index (κ3) is 4.08. The summed E-state index contributed by atoms with van der Waals surface area (Å²) in [5, 5.41) is 13.1. The number of aryl methyl sites for hydroxylation is 1. The number of hydrogen-bond acceptors (Lipinski definition) is 5. The van der Waals surface area contributed by atoms with Crippen molar-refractivity contribution in [2.75, 3.05) is 19.0 Å². The topological polar surface area (TPSA) is 75.8 Å². The number of halogens is 1. The SMILES string of the molecule is Cc1cc(COc2ccc(C(=O)O)cc2-c2ccc(N(C)C)cc2F)no1. The summed E-state index contributed by atoms with van der Waals surface area (Å²) >= 11 is 0. The Balaban J connectivity index is 2.00. The fraction of sp³-hybridized carbons (Fsp3) is 0.200. The molecule has 0 saturated heterocycles. The van der Waals surface area contributed by atoms with Crippen molar-refractivity contribution in [3.63, 3.8) is 0 Å². The van der Waals surface area contributed by atoms with Gasteiger partial charge in [0, 0.05) is 37.0 Å². The van der Waals surface area contributed by atoms with Crippen LogP contribution >= 0.6 is 0 Å². The molecular formula is C20H19FN2O4. The van der Waals surface area contributed by atoms with Crippen LogP contribution in [-0.4, -0.2) is 30.3 Å². The summed E-state index contributed by atoms with van der Waals surface area (Å²) in [5.74, 6) is -0.552. The lowest BCUT2D eigenvalue weighted by atomic mass is 10.0. The molecule has 0 aliphatic rings. The van der Waals surface area contributed by atoms with Crippen molar-refractivity contribution in [2.24, 2.45) is 0 Å². The molecule has 6 nitrogen and oxygen atoms in total. The molecule has 3 aromatic rings. The number of rotatable bonds is 6. The Morgan fingerprint density at radius 3 is 2.56 bits per heavy atom. The Morgan fingerprint density at radius 1 is 1.19 bits per heavy atom. The minimum atomic E-state index is -1.10. The number of hydrogen-bond donors (Lipinski definition) is 1. The monoisotopic (exact) mass is 370 g/mol. The summed E-state index contributed by atoms with van der Waals surface area (Å²) in [7, 11) is 3.63. The van der Waals surface area contributed by atoms with Crippen LogP contribution in [0, 0.1) is 12.7 Å². The Bertz CT molecular complexity index is 982. The molecule has 0 radical (unpaired) electrons. The maximum Gasteiger partial charge on any atom is 0.335 e. The number of anilines is 1. The molecule has 0 aliphatic carbocycles. The van der Waals surface area contributed by atoms with Gasteiger partial charge in [-0.05, 0) is 43.3 Å². The van der Waals surface area contributed by atoms with E-state index in [2.05, 4.69) is 5.16 Å². The van der Waals surface area contributed by atoms with Gasteiger partial charge in [0.05, 0.1) is 5.56 Å². The van der Waals surface area contributed by atoms with E-state index >= 15 is 0 Å². The smallest absolute Gasteiger partial charge is 0.335 e. The van der Waals surface area contributed by atoms with Gasteiger partial charge in [-0.25, -0.2) is 9.18 Å². The van der Waals surface area contributed by atoms with Crippen LogP contribution in [-0.2, 0) is 6.61 Å². The first-order valence-corrected chi connectivity index (χ1v) is 8.24. The van der Waals surface area contributed by atoms with Gasteiger partial charge in [-0.15, -0.1) is 0 Å². The average molecular weight is 370 g/mol. The highest BCUT2D eigenvalue weighted by Gasteiger charge is 2.16. The van der Waals surface area contributed by atoms with Crippen molar-refractivity contribution in [1.82, 2.24) is 5.16 Å². The summed E-state index contributed by atoms with van der Waals surface area (Å²) < 4.78 is 25.5. The molecule has 7 heteroatoms.